The maximum atomic E-state index is 8.86. The second kappa shape index (κ2) is 7.79. The van der Waals surface area contributed by atoms with Gasteiger partial charge in [-0.1, -0.05) is 0 Å². The van der Waals surface area contributed by atoms with Crippen LogP contribution in [0.25, 0.3) is 0 Å². The van der Waals surface area contributed by atoms with Crippen molar-refractivity contribution in [3.05, 3.63) is 36.3 Å². The number of aromatic nitrogens is 3. The van der Waals surface area contributed by atoms with Crippen LogP contribution in [0.15, 0.2) is 30.7 Å². The van der Waals surface area contributed by atoms with E-state index >= 15 is 0 Å². The quantitative estimate of drug-likeness (QED) is 0.826. The summed E-state index contributed by atoms with van der Waals surface area (Å²) in [7, 11) is 3.64. The molecular formula is C18H22N6O. The number of rotatable bonds is 5. The van der Waals surface area contributed by atoms with Gasteiger partial charge in [-0.15, -0.1) is 0 Å². The number of ether oxygens (including phenoxy) is 1. The maximum Gasteiger partial charge on any atom is 0.257 e. The van der Waals surface area contributed by atoms with Crippen LogP contribution < -0.4 is 14.5 Å². The van der Waals surface area contributed by atoms with Crippen molar-refractivity contribution in [3.8, 4) is 11.9 Å². The highest BCUT2D eigenvalue weighted by Gasteiger charge is 2.22. The molecule has 0 amide bonds. The highest BCUT2D eigenvalue weighted by atomic mass is 16.5. The Kier molecular flexibility index (Phi) is 5.29. The molecule has 25 heavy (non-hydrogen) atoms. The Morgan fingerprint density at radius 2 is 2.00 bits per heavy atom. The van der Waals surface area contributed by atoms with E-state index in [0.29, 0.717) is 17.4 Å². The van der Waals surface area contributed by atoms with E-state index < -0.39 is 0 Å². The molecule has 2 aromatic rings. The lowest BCUT2D eigenvalue weighted by Gasteiger charge is -2.34. The van der Waals surface area contributed by atoms with Gasteiger partial charge in [0.1, 0.15) is 11.9 Å². The van der Waals surface area contributed by atoms with Gasteiger partial charge in [-0.2, -0.15) is 5.26 Å². The molecule has 2 aromatic heterocycles. The lowest BCUT2D eigenvalue weighted by molar-refractivity contribution is 0.386. The van der Waals surface area contributed by atoms with E-state index in [9.17, 15) is 0 Å². The van der Waals surface area contributed by atoms with Crippen LogP contribution in [0, 0.1) is 17.2 Å². The van der Waals surface area contributed by atoms with E-state index in [1.54, 1.807) is 25.7 Å². The van der Waals surface area contributed by atoms with Gasteiger partial charge in [0.25, 0.3) is 5.88 Å². The van der Waals surface area contributed by atoms with Crippen LogP contribution in [-0.4, -0.2) is 48.7 Å². The largest absolute Gasteiger partial charge is 0.478 e. The Balaban J connectivity index is 1.56. The second-order valence-corrected chi connectivity index (χ2v) is 6.22. The Morgan fingerprint density at radius 1 is 1.24 bits per heavy atom. The van der Waals surface area contributed by atoms with Crippen molar-refractivity contribution in [3.63, 3.8) is 0 Å². The van der Waals surface area contributed by atoms with Crippen molar-refractivity contribution in [2.24, 2.45) is 5.92 Å². The molecule has 3 rings (SSSR count). The lowest BCUT2D eigenvalue weighted by Crippen LogP contribution is -2.38. The zero-order valence-electron chi connectivity index (χ0n) is 14.6. The van der Waals surface area contributed by atoms with Gasteiger partial charge in [-0.05, 0) is 30.9 Å². The molecule has 1 aliphatic rings. The van der Waals surface area contributed by atoms with Gasteiger partial charge < -0.3 is 14.5 Å². The van der Waals surface area contributed by atoms with E-state index in [4.69, 9.17) is 10.00 Å². The first kappa shape index (κ1) is 17.0. The normalized spacial score (nSPS) is 14.8. The predicted octanol–water partition coefficient (Wildman–Crippen LogP) is 2.10. The molecule has 0 N–H and O–H groups in total. The first-order chi connectivity index (χ1) is 12.2. The molecule has 0 bridgehead atoms. The van der Waals surface area contributed by atoms with Crippen molar-refractivity contribution in [2.45, 2.75) is 12.8 Å². The zero-order chi connectivity index (χ0) is 17.6. The van der Waals surface area contributed by atoms with Crippen molar-refractivity contribution in [2.75, 3.05) is 43.6 Å². The van der Waals surface area contributed by atoms with Crippen molar-refractivity contribution in [1.82, 2.24) is 15.0 Å². The molecule has 130 valence electrons. The molecule has 0 atom stereocenters. The molecule has 1 aliphatic heterocycles. The topological polar surface area (TPSA) is 78.2 Å². The van der Waals surface area contributed by atoms with E-state index in [0.717, 1.165) is 44.1 Å². The van der Waals surface area contributed by atoms with E-state index in [2.05, 4.69) is 30.8 Å². The number of nitriles is 1. The molecule has 0 aromatic carbocycles. The Morgan fingerprint density at radius 3 is 2.64 bits per heavy atom. The molecule has 7 heteroatoms. The van der Waals surface area contributed by atoms with E-state index in [1.165, 1.54) is 0 Å². The third-order valence-electron chi connectivity index (χ3n) is 4.55. The number of anilines is 2. The summed E-state index contributed by atoms with van der Waals surface area (Å²) in [4.78, 5) is 17.4. The van der Waals surface area contributed by atoms with Crippen LogP contribution in [0.5, 0.6) is 5.88 Å². The summed E-state index contributed by atoms with van der Waals surface area (Å²) in [6, 6.07) is 5.85. The molecule has 0 aliphatic carbocycles. The number of nitrogens with zero attached hydrogens (tertiary/aromatic N) is 6. The van der Waals surface area contributed by atoms with Gasteiger partial charge in [-0.3, -0.25) is 0 Å². The van der Waals surface area contributed by atoms with Gasteiger partial charge in [0.2, 0.25) is 0 Å². The number of piperidine rings is 1. The number of methoxy groups -OCH3 is 1. The van der Waals surface area contributed by atoms with Crippen LogP contribution in [-0.2, 0) is 0 Å². The first-order valence-electron chi connectivity index (χ1n) is 8.38. The minimum Gasteiger partial charge on any atom is -0.478 e. The Bertz CT molecular complexity index is 734. The van der Waals surface area contributed by atoms with E-state index in [1.807, 2.05) is 19.2 Å². The van der Waals surface area contributed by atoms with Gasteiger partial charge >= 0.3 is 0 Å². The summed E-state index contributed by atoms with van der Waals surface area (Å²) in [6.07, 6.45) is 7.14. The standard InChI is InChI=1S/C18H22N6O/c1-23(17-18(25-2)21-8-7-20-17)13-14-5-9-24(10-6-14)16-4-3-15(11-19)12-22-16/h3-4,7-8,12,14H,5-6,9-10,13H2,1-2H3. The van der Waals surface area contributed by atoms with Crippen LogP contribution in [0.1, 0.15) is 18.4 Å². The summed E-state index contributed by atoms with van der Waals surface area (Å²) >= 11 is 0. The minimum atomic E-state index is 0.559. The molecule has 0 radical (unpaired) electrons. The maximum absolute atomic E-state index is 8.86. The van der Waals surface area contributed by atoms with E-state index in [-0.39, 0.29) is 0 Å². The monoisotopic (exact) mass is 338 g/mol. The second-order valence-electron chi connectivity index (χ2n) is 6.22. The van der Waals surface area contributed by atoms with Crippen molar-refractivity contribution in [1.29, 1.82) is 5.26 Å². The van der Waals surface area contributed by atoms with Crippen molar-refractivity contribution >= 4 is 11.6 Å². The SMILES string of the molecule is COc1nccnc1N(C)CC1CCN(c2ccc(C#N)cn2)CC1. The summed E-state index contributed by atoms with van der Waals surface area (Å²) < 4.78 is 5.29. The number of hydrogen-bond donors (Lipinski definition) is 0. The molecule has 3 heterocycles. The number of pyridine rings is 1. The molecule has 1 fully saturated rings. The summed E-state index contributed by atoms with van der Waals surface area (Å²) in [5.41, 5.74) is 0.596. The fourth-order valence-electron chi connectivity index (χ4n) is 3.18. The van der Waals surface area contributed by atoms with Crippen LogP contribution in [0.2, 0.25) is 0 Å². The molecule has 1 saturated heterocycles. The Labute approximate surface area is 147 Å². The predicted molar refractivity (Wildman–Crippen MR) is 95.7 cm³/mol. The molecule has 0 spiro atoms. The minimum absolute atomic E-state index is 0.559. The number of hydrogen-bond acceptors (Lipinski definition) is 7. The summed E-state index contributed by atoms with van der Waals surface area (Å²) in [6.45, 7) is 2.85. The summed E-state index contributed by atoms with van der Waals surface area (Å²) in [5, 5.41) is 8.86. The van der Waals surface area contributed by atoms with Gasteiger partial charge in [0, 0.05) is 45.3 Å². The van der Waals surface area contributed by atoms with Gasteiger partial charge in [-0.25, -0.2) is 15.0 Å². The van der Waals surface area contributed by atoms with Crippen LogP contribution in [0.4, 0.5) is 11.6 Å². The summed E-state index contributed by atoms with van der Waals surface area (Å²) in [5.74, 6) is 2.87. The zero-order valence-corrected chi connectivity index (χ0v) is 14.6. The molecule has 0 unspecified atom stereocenters. The van der Waals surface area contributed by atoms with Crippen LogP contribution in [0.3, 0.4) is 0 Å². The average molecular weight is 338 g/mol. The average Bonchev–Trinajstić information content (AvgIpc) is 2.68. The third kappa shape index (κ3) is 3.97. The lowest BCUT2D eigenvalue weighted by atomic mass is 9.96. The third-order valence-corrected chi connectivity index (χ3v) is 4.55. The Hall–Kier alpha value is -2.88. The molecular weight excluding hydrogens is 316 g/mol. The van der Waals surface area contributed by atoms with Crippen molar-refractivity contribution < 1.29 is 4.74 Å². The fourth-order valence-corrected chi connectivity index (χ4v) is 3.18. The molecule has 7 nitrogen and oxygen atoms in total. The fraction of sp³-hybridized carbons (Fsp3) is 0.444. The highest BCUT2D eigenvalue weighted by molar-refractivity contribution is 5.47. The van der Waals surface area contributed by atoms with Gasteiger partial charge in [0.05, 0.1) is 12.7 Å². The van der Waals surface area contributed by atoms with Gasteiger partial charge in [0.15, 0.2) is 5.82 Å². The first-order valence-corrected chi connectivity index (χ1v) is 8.38. The molecule has 0 saturated carbocycles. The smallest absolute Gasteiger partial charge is 0.257 e. The highest BCUT2D eigenvalue weighted by Crippen LogP contribution is 2.26. The van der Waals surface area contributed by atoms with Crippen LogP contribution >= 0.6 is 0 Å².